The van der Waals surface area contributed by atoms with E-state index in [1.165, 1.54) is 0 Å². The Morgan fingerprint density at radius 1 is 0.967 bits per heavy atom. The summed E-state index contributed by atoms with van der Waals surface area (Å²) in [6.45, 7) is 4.51. The molecule has 1 aromatic heterocycles. The van der Waals surface area contributed by atoms with E-state index in [1.807, 2.05) is 61.5 Å². The standard InChI is InChI=1S/C22H25N7O/c1-2-30-19-12-10-17(11-13-19)16-23-28-21-25-20(24-18-8-4-3-5-9-18)26-22(27-21)29-14-6-7-15-29/h3-5,8-13,16H,2,6-7,14-15H2,1H3,(H2,24,25,26,27,28)/b23-16-. The van der Waals surface area contributed by atoms with E-state index in [-0.39, 0.29) is 0 Å². The smallest absolute Gasteiger partial charge is 0.250 e. The SMILES string of the molecule is CCOc1ccc(/C=N\Nc2nc(Nc3ccccc3)nc(N3CCCC3)n2)cc1. The molecule has 1 aliphatic rings. The second-order valence-electron chi connectivity index (χ2n) is 6.84. The number of para-hydroxylation sites is 1. The largest absolute Gasteiger partial charge is 0.494 e. The van der Waals surface area contributed by atoms with Crippen molar-refractivity contribution in [3.05, 3.63) is 60.2 Å². The Bertz CT molecular complexity index is 971. The second-order valence-corrected chi connectivity index (χ2v) is 6.84. The van der Waals surface area contributed by atoms with E-state index in [2.05, 4.69) is 35.7 Å². The summed E-state index contributed by atoms with van der Waals surface area (Å²) < 4.78 is 5.46. The van der Waals surface area contributed by atoms with E-state index in [0.29, 0.717) is 24.5 Å². The van der Waals surface area contributed by atoms with E-state index in [4.69, 9.17) is 4.74 Å². The first kappa shape index (κ1) is 19.6. The van der Waals surface area contributed by atoms with Crippen LogP contribution in [0.15, 0.2) is 59.7 Å². The molecule has 1 saturated heterocycles. The molecule has 0 aliphatic carbocycles. The molecule has 4 rings (SSSR count). The fourth-order valence-electron chi connectivity index (χ4n) is 3.16. The van der Waals surface area contributed by atoms with Gasteiger partial charge in [-0.1, -0.05) is 18.2 Å². The number of rotatable bonds is 8. The summed E-state index contributed by atoms with van der Waals surface area (Å²) >= 11 is 0. The Hall–Kier alpha value is -3.68. The van der Waals surface area contributed by atoms with Crippen LogP contribution in [0.1, 0.15) is 25.3 Å². The van der Waals surface area contributed by atoms with Crippen molar-refractivity contribution in [2.45, 2.75) is 19.8 Å². The summed E-state index contributed by atoms with van der Waals surface area (Å²) in [6.07, 6.45) is 4.01. The highest BCUT2D eigenvalue weighted by atomic mass is 16.5. The Kier molecular flexibility index (Phi) is 6.34. The lowest BCUT2D eigenvalue weighted by molar-refractivity contribution is 0.340. The molecule has 154 valence electrons. The van der Waals surface area contributed by atoms with Crippen LogP contribution >= 0.6 is 0 Å². The maximum atomic E-state index is 5.46. The molecule has 3 aromatic rings. The van der Waals surface area contributed by atoms with Crippen molar-refractivity contribution in [1.29, 1.82) is 0 Å². The molecular weight excluding hydrogens is 378 g/mol. The van der Waals surface area contributed by atoms with Gasteiger partial charge in [-0.15, -0.1) is 0 Å². The molecule has 0 unspecified atom stereocenters. The Morgan fingerprint density at radius 3 is 2.43 bits per heavy atom. The van der Waals surface area contributed by atoms with Gasteiger partial charge in [0.15, 0.2) is 0 Å². The normalized spacial score (nSPS) is 13.6. The first-order chi connectivity index (χ1) is 14.8. The fourth-order valence-corrected chi connectivity index (χ4v) is 3.16. The van der Waals surface area contributed by atoms with Crippen LogP contribution in [-0.2, 0) is 0 Å². The Balaban J connectivity index is 1.50. The lowest BCUT2D eigenvalue weighted by atomic mass is 10.2. The molecule has 1 aliphatic heterocycles. The van der Waals surface area contributed by atoms with Crippen molar-refractivity contribution in [2.24, 2.45) is 5.10 Å². The van der Waals surface area contributed by atoms with Crippen LogP contribution in [0.25, 0.3) is 0 Å². The maximum absolute atomic E-state index is 5.46. The van der Waals surface area contributed by atoms with Crippen LogP contribution in [0.2, 0.25) is 0 Å². The predicted octanol–water partition coefficient (Wildman–Crippen LogP) is 4.06. The molecule has 8 nitrogen and oxygen atoms in total. The average molecular weight is 403 g/mol. The molecule has 8 heteroatoms. The molecule has 1 fully saturated rings. The fraction of sp³-hybridized carbons (Fsp3) is 0.273. The van der Waals surface area contributed by atoms with Gasteiger partial charge in [0.25, 0.3) is 0 Å². The molecule has 0 bridgehead atoms. The van der Waals surface area contributed by atoms with E-state index < -0.39 is 0 Å². The van der Waals surface area contributed by atoms with E-state index >= 15 is 0 Å². The third kappa shape index (κ3) is 5.22. The van der Waals surface area contributed by atoms with Crippen LogP contribution in [0.4, 0.5) is 23.5 Å². The molecule has 0 radical (unpaired) electrons. The monoisotopic (exact) mass is 403 g/mol. The van der Waals surface area contributed by atoms with Gasteiger partial charge in [-0.3, -0.25) is 0 Å². The van der Waals surface area contributed by atoms with Crippen LogP contribution in [0.3, 0.4) is 0 Å². The van der Waals surface area contributed by atoms with Gasteiger partial charge in [-0.2, -0.15) is 20.1 Å². The van der Waals surface area contributed by atoms with Crippen LogP contribution in [0.5, 0.6) is 5.75 Å². The van der Waals surface area contributed by atoms with Crippen molar-refractivity contribution in [2.75, 3.05) is 35.3 Å². The maximum Gasteiger partial charge on any atom is 0.250 e. The minimum Gasteiger partial charge on any atom is -0.494 e. The Morgan fingerprint density at radius 2 is 1.70 bits per heavy atom. The number of hydrazone groups is 1. The zero-order valence-corrected chi connectivity index (χ0v) is 17.0. The van der Waals surface area contributed by atoms with Gasteiger partial charge in [0.2, 0.25) is 17.8 Å². The molecule has 0 spiro atoms. The number of nitrogens with zero attached hydrogens (tertiary/aromatic N) is 5. The van der Waals surface area contributed by atoms with Crippen molar-refractivity contribution in [1.82, 2.24) is 15.0 Å². The number of aromatic nitrogens is 3. The number of hydrogen-bond acceptors (Lipinski definition) is 8. The molecule has 2 aromatic carbocycles. The number of benzene rings is 2. The minimum absolute atomic E-state index is 0.396. The molecule has 0 saturated carbocycles. The highest BCUT2D eigenvalue weighted by Gasteiger charge is 2.17. The van der Waals surface area contributed by atoms with E-state index in [9.17, 15) is 0 Å². The van der Waals surface area contributed by atoms with Gasteiger partial charge in [-0.25, -0.2) is 5.43 Å². The summed E-state index contributed by atoms with van der Waals surface area (Å²) in [6, 6.07) is 17.6. The van der Waals surface area contributed by atoms with Crippen LogP contribution in [-0.4, -0.2) is 40.9 Å². The summed E-state index contributed by atoms with van der Waals surface area (Å²) in [7, 11) is 0. The van der Waals surface area contributed by atoms with Crippen molar-refractivity contribution in [3.63, 3.8) is 0 Å². The summed E-state index contributed by atoms with van der Waals surface area (Å²) in [5, 5.41) is 7.53. The number of nitrogens with one attached hydrogen (secondary N) is 2. The summed E-state index contributed by atoms with van der Waals surface area (Å²) in [4.78, 5) is 15.8. The highest BCUT2D eigenvalue weighted by molar-refractivity contribution is 5.80. The van der Waals surface area contributed by atoms with Crippen molar-refractivity contribution < 1.29 is 4.74 Å². The van der Waals surface area contributed by atoms with Gasteiger partial charge in [0.05, 0.1) is 12.8 Å². The first-order valence-electron chi connectivity index (χ1n) is 10.2. The third-order valence-electron chi connectivity index (χ3n) is 4.61. The van der Waals surface area contributed by atoms with Gasteiger partial charge in [0, 0.05) is 18.8 Å². The van der Waals surface area contributed by atoms with E-state index in [1.54, 1.807) is 6.21 Å². The lowest BCUT2D eigenvalue weighted by Crippen LogP contribution is -2.21. The van der Waals surface area contributed by atoms with Crippen molar-refractivity contribution >= 4 is 29.7 Å². The Labute approximate surface area is 176 Å². The van der Waals surface area contributed by atoms with Gasteiger partial charge in [0.1, 0.15) is 5.75 Å². The van der Waals surface area contributed by atoms with Gasteiger partial charge >= 0.3 is 0 Å². The molecule has 0 amide bonds. The predicted molar refractivity (Wildman–Crippen MR) is 120 cm³/mol. The average Bonchev–Trinajstić information content (AvgIpc) is 3.31. The number of ether oxygens (including phenoxy) is 1. The number of anilines is 4. The van der Waals surface area contributed by atoms with E-state index in [0.717, 1.165) is 42.9 Å². The van der Waals surface area contributed by atoms with Crippen molar-refractivity contribution in [3.8, 4) is 5.75 Å². The zero-order chi connectivity index (χ0) is 20.6. The minimum atomic E-state index is 0.396. The molecule has 0 atom stereocenters. The molecule has 2 heterocycles. The zero-order valence-electron chi connectivity index (χ0n) is 17.0. The third-order valence-corrected chi connectivity index (χ3v) is 4.61. The van der Waals surface area contributed by atoms with Crippen LogP contribution in [0, 0.1) is 0 Å². The lowest BCUT2D eigenvalue weighted by Gasteiger charge is -2.16. The first-order valence-corrected chi connectivity index (χ1v) is 10.2. The van der Waals surface area contributed by atoms with Gasteiger partial charge < -0.3 is 15.0 Å². The molecule has 2 N–H and O–H groups in total. The summed E-state index contributed by atoms with van der Waals surface area (Å²) in [5.74, 6) is 2.37. The van der Waals surface area contributed by atoms with Gasteiger partial charge in [-0.05, 0) is 61.7 Å². The van der Waals surface area contributed by atoms with Crippen LogP contribution < -0.4 is 20.4 Å². The highest BCUT2D eigenvalue weighted by Crippen LogP contribution is 2.20. The molecule has 30 heavy (non-hydrogen) atoms. The number of hydrogen-bond donors (Lipinski definition) is 2. The quantitative estimate of drug-likeness (QED) is 0.433. The molecular formula is C22H25N7O. The second kappa shape index (κ2) is 9.69. The summed E-state index contributed by atoms with van der Waals surface area (Å²) in [5.41, 5.74) is 4.80. The topological polar surface area (TPSA) is 87.6 Å².